The molecule has 0 saturated heterocycles. The minimum absolute atomic E-state index is 0.360. The molecular formula is C8H8BrClO2. The Kier molecular flexibility index (Phi) is 3.85. The van der Waals surface area contributed by atoms with Gasteiger partial charge in [0.15, 0.2) is 0 Å². The van der Waals surface area contributed by atoms with Crippen LogP contribution in [0.5, 0.6) is 5.75 Å². The Hall–Kier alpha value is -0.250. The van der Waals surface area contributed by atoms with E-state index in [0.29, 0.717) is 6.61 Å². The first-order chi connectivity index (χ1) is 5.77. The molecule has 0 aliphatic heterocycles. The highest BCUT2D eigenvalue weighted by atomic mass is 79.9. The van der Waals surface area contributed by atoms with E-state index in [9.17, 15) is 0 Å². The molecule has 2 nitrogen and oxygen atoms in total. The Morgan fingerprint density at radius 1 is 1.50 bits per heavy atom. The summed E-state index contributed by atoms with van der Waals surface area (Å²) in [6, 6.07) is 5.62. The number of hydrogen-bond acceptors (Lipinski definition) is 2. The van der Waals surface area contributed by atoms with Gasteiger partial charge in [0.25, 0.3) is 0 Å². The second kappa shape index (κ2) is 4.70. The van der Waals surface area contributed by atoms with Crippen LogP contribution >= 0.6 is 27.8 Å². The molecule has 0 atom stereocenters. The molecule has 0 heterocycles. The van der Waals surface area contributed by atoms with Gasteiger partial charge < -0.3 is 4.74 Å². The van der Waals surface area contributed by atoms with Gasteiger partial charge in [0.05, 0.1) is 25.6 Å². The fraction of sp³-hybridized carbons (Fsp3) is 0.250. The molecule has 0 radical (unpaired) electrons. The monoisotopic (exact) mass is 250 g/mol. The molecule has 0 aromatic heterocycles. The van der Waals surface area contributed by atoms with Gasteiger partial charge in [-0.05, 0) is 23.8 Å². The average molecular weight is 252 g/mol. The predicted octanol–water partition coefficient (Wildman–Crippen LogP) is 3.13. The molecule has 0 aliphatic carbocycles. The minimum atomic E-state index is 0.360. The van der Waals surface area contributed by atoms with Gasteiger partial charge in [-0.2, -0.15) is 0 Å². The van der Waals surface area contributed by atoms with Gasteiger partial charge in [-0.15, -0.1) is 0 Å². The molecule has 0 saturated carbocycles. The lowest BCUT2D eigenvalue weighted by Gasteiger charge is -2.04. The number of halogens is 2. The van der Waals surface area contributed by atoms with Gasteiger partial charge >= 0.3 is 0 Å². The highest BCUT2D eigenvalue weighted by molar-refractivity contribution is 9.10. The van der Waals surface area contributed by atoms with E-state index in [4.69, 9.17) is 16.6 Å². The summed E-state index contributed by atoms with van der Waals surface area (Å²) in [5.41, 5.74) is 0.962. The molecule has 4 heteroatoms. The number of rotatable bonds is 3. The largest absolute Gasteiger partial charge is 0.497 e. The molecule has 0 unspecified atom stereocenters. The van der Waals surface area contributed by atoms with Crippen LogP contribution < -0.4 is 4.74 Å². The fourth-order valence-corrected chi connectivity index (χ4v) is 1.33. The molecule has 0 amide bonds. The van der Waals surface area contributed by atoms with E-state index in [1.165, 1.54) is 0 Å². The van der Waals surface area contributed by atoms with Crippen molar-refractivity contribution in [2.45, 2.75) is 6.61 Å². The van der Waals surface area contributed by atoms with E-state index in [0.717, 1.165) is 15.8 Å². The van der Waals surface area contributed by atoms with Crippen LogP contribution in [-0.2, 0) is 10.9 Å². The first kappa shape index (κ1) is 9.84. The molecule has 12 heavy (non-hydrogen) atoms. The van der Waals surface area contributed by atoms with E-state index >= 15 is 0 Å². The zero-order valence-corrected chi connectivity index (χ0v) is 8.85. The fourth-order valence-electron chi connectivity index (χ4n) is 0.847. The third-order valence-corrected chi connectivity index (χ3v) is 2.35. The summed E-state index contributed by atoms with van der Waals surface area (Å²) in [4.78, 5) is 0. The molecule has 0 N–H and O–H groups in total. The van der Waals surface area contributed by atoms with E-state index in [-0.39, 0.29) is 0 Å². The molecule has 0 spiro atoms. The van der Waals surface area contributed by atoms with Crippen molar-refractivity contribution in [2.75, 3.05) is 7.11 Å². The number of methoxy groups -OCH3 is 1. The zero-order chi connectivity index (χ0) is 8.97. The van der Waals surface area contributed by atoms with Crippen LogP contribution in [0.25, 0.3) is 0 Å². The van der Waals surface area contributed by atoms with Crippen molar-refractivity contribution >= 4 is 27.8 Å². The maximum absolute atomic E-state index is 5.14. The van der Waals surface area contributed by atoms with Crippen LogP contribution in [0.15, 0.2) is 22.7 Å². The molecular weight excluding hydrogens is 243 g/mol. The predicted molar refractivity (Wildman–Crippen MR) is 51.3 cm³/mol. The lowest BCUT2D eigenvalue weighted by atomic mass is 10.2. The summed E-state index contributed by atoms with van der Waals surface area (Å²) < 4.78 is 10.5. The maximum Gasteiger partial charge on any atom is 0.119 e. The molecule has 0 aliphatic rings. The van der Waals surface area contributed by atoms with Crippen LogP contribution in [0.3, 0.4) is 0 Å². The van der Waals surface area contributed by atoms with Crippen molar-refractivity contribution in [1.29, 1.82) is 0 Å². The third-order valence-electron chi connectivity index (χ3n) is 1.46. The van der Waals surface area contributed by atoms with Crippen molar-refractivity contribution in [3.05, 3.63) is 28.2 Å². The van der Waals surface area contributed by atoms with Gasteiger partial charge in [0, 0.05) is 4.47 Å². The Morgan fingerprint density at radius 2 is 2.25 bits per heavy atom. The van der Waals surface area contributed by atoms with E-state index in [1.54, 1.807) is 7.11 Å². The highest BCUT2D eigenvalue weighted by Crippen LogP contribution is 2.23. The van der Waals surface area contributed by atoms with E-state index in [2.05, 4.69) is 20.2 Å². The number of benzene rings is 1. The molecule has 0 bridgehead atoms. The minimum Gasteiger partial charge on any atom is -0.497 e. The molecule has 0 fully saturated rings. The first-order valence-electron chi connectivity index (χ1n) is 3.34. The van der Waals surface area contributed by atoms with E-state index in [1.807, 2.05) is 18.2 Å². The lowest BCUT2D eigenvalue weighted by Crippen LogP contribution is -1.89. The van der Waals surface area contributed by atoms with E-state index < -0.39 is 0 Å². The second-order valence-electron chi connectivity index (χ2n) is 2.21. The first-order valence-corrected chi connectivity index (χ1v) is 4.44. The Morgan fingerprint density at radius 3 is 2.83 bits per heavy atom. The summed E-state index contributed by atoms with van der Waals surface area (Å²) >= 11 is 8.51. The van der Waals surface area contributed by atoms with Crippen LogP contribution in [0.2, 0.25) is 0 Å². The molecule has 1 aromatic rings. The Balaban J connectivity index is 2.91. The van der Waals surface area contributed by atoms with Crippen LogP contribution in [0, 0.1) is 0 Å². The van der Waals surface area contributed by atoms with Gasteiger partial charge in [0.1, 0.15) is 5.75 Å². The Labute approximate surface area is 84.7 Å². The third kappa shape index (κ3) is 2.37. The smallest absolute Gasteiger partial charge is 0.119 e. The number of hydrogen-bond donors (Lipinski definition) is 0. The number of ether oxygens (including phenoxy) is 1. The van der Waals surface area contributed by atoms with Crippen molar-refractivity contribution in [1.82, 2.24) is 0 Å². The summed E-state index contributed by atoms with van der Waals surface area (Å²) in [5, 5.41) is 0. The summed E-state index contributed by atoms with van der Waals surface area (Å²) in [7, 11) is 1.62. The topological polar surface area (TPSA) is 18.5 Å². The quantitative estimate of drug-likeness (QED) is 0.822. The van der Waals surface area contributed by atoms with Gasteiger partial charge in [-0.25, -0.2) is 0 Å². The lowest BCUT2D eigenvalue weighted by molar-refractivity contribution is 0.338. The molecule has 1 aromatic carbocycles. The van der Waals surface area contributed by atoms with Crippen molar-refractivity contribution in [3.8, 4) is 5.75 Å². The SMILES string of the molecule is COc1ccc(Br)c(COCl)c1. The molecule has 66 valence electrons. The van der Waals surface area contributed by atoms with Gasteiger partial charge in [-0.3, -0.25) is 4.29 Å². The Bertz CT molecular complexity index is 265. The van der Waals surface area contributed by atoms with Crippen LogP contribution in [-0.4, -0.2) is 7.11 Å². The van der Waals surface area contributed by atoms with Gasteiger partial charge in [-0.1, -0.05) is 15.9 Å². The summed E-state index contributed by atoms with van der Waals surface area (Å²) in [5.74, 6) is 0.793. The van der Waals surface area contributed by atoms with Crippen LogP contribution in [0.1, 0.15) is 5.56 Å². The van der Waals surface area contributed by atoms with Crippen LogP contribution in [0.4, 0.5) is 0 Å². The average Bonchev–Trinajstić information content (AvgIpc) is 2.09. The van der Waals surface area contributed by atoms with Crippen molar-refractivity contribution in [3.63, 3.8) is 0 Å². The van der Waals surface area contributed by atoms with Gasteiger partial charge in [0.2, 0.25) is 0 Å². The summed E-state index contributed by atoms with van der Waals surface area (Å²) in [6.45, 7) is 0.360. The maximum atomic E-state index is 5.14. The normalized spacial score (nSPS) is 9.92. The summed E-state index contributed by atoms with van der Waals surface area (Å²) in [6.07, 6.45) is 0. The highest BCUT2D eigenvalue weighted by Gasteiger charge is 2.01. The standard InChI is InChI=1S/C8H8BrClO2/c1-11-7-2-3-8(9)6(4-7)5-12-10/h2-4H,5H2,1H3. The molecule has 1 rings (SSSR count). The van der Waals surface area contributed by atoms with Crippen molar-refractivity contribution < 1.29 is 9.03 Å². The zero-order valence-electron chi connectivity index (χ0n) is 6.51. The second-order valence-corrected chi connectivity index (χ2v) is 3.28. The van der Waals surface area contributed by atoms with Crippen molar-refractivity contribution in [2.24, 2.45) is 0 Å².